The lowest BCUT2D eigenvalue weighted by Gasteiger charge is -2.26. The Morgan fingerprint density at radius 3 is 2.95 bits per heavy atom. The minimum absolute atomic E-state index is 0.242. The lowest BCUT2D eigenvalue weighted by atomic mass is 10.0. The minimum Gasteiger partial charge on any atom is -0.364 e. The van der Waals surface area contributed by atoms with Crippen LogP contribution in [0.5, 0.6) is 0 Å². The zero-order chi connectivity index (χ0) is 15.4. The van der Waals surface area contributed by atoms with Crippen molar-refractivity contribution in [1.29, 1.82) is 0 Å². The molecule has 0 bridgehead atoms. The SMILES string of the molecule is CC(C)C[C@H]1CN/C(=C\[N+](=O)[O-])N1Cc1ccc(Cl)nc1. The summed E-state index contributed by atoms with van der Waals surface area (Å²) >= 11 is 5.79. The molecule has 2 heterocycles. The number of nitrogens with one attached hydrogen (secondary N) is 1. The van der Waals surface area contributed by atoms with E-state index in [1.54, 1.807) is 12.3 Å². The fourth-order valence-electron chi connectivity index (χ4n) is 2.52. The minimum atomic E-state index is -0.423. The molecule has 7 heteroatoms. The van der Waals surface area contributed by atoms with Crippen molar-refractivity contribution < 1.29 is 4.92 Å². The topological polar surface area (TPSA) is 71.3 Å². The lowest BCUT2D eigenvalue weighted by Crippen LogP contribution is -2.31. The highest BCUT2D eigenvalue weighted by molar-refractivity contribution is 6.29. The average Bonchev–Trinajstić information content (AvgIpc) is 2.74. The van der Waals surface area contributed by atoms with Crippen molar-refractivity contribution >= 4 is 11.6 Å². The first kappa shape index (κ1) is 15.6. The van der Waals surface area contributed by atoms with Crippen LogP contribution in [0.3, 0.4) is 0 Å². The molecule has 2 rings (SSSR count). The molecule has 1 aliphatic heterocycles. The van der Waals surface area contributed by atoms with Gasteiger partial charge in [-0.05, 0) is 24.0 Å². The summed E-state index contributed by atoms with van der Waals surface area (Å²) in [4.78, 5) is 16.4. The fourth-order valence-corrected chi connectivity index (χ4v) is 2.63. The van der Waals surface area contributed by atoms with Gasteiger partial charge in [0.15, 0.2) is 5.82 Å². The van der Waals surface area contributed by atoms with Crippen molar-refractivity contribution in [2.75, 3.05) is 6.54 Å². The van der Waals surface area contributed by atoms with Crippen LogP contribution in [0.15, 0.2) is 30.4 Å². The van der Waals surface area contributed by atoms with Crippen LogP contribution < -0.4 is 5.32 Å². The van der Waals surface area contributed by atoms with E-state index in [-0.39, 0.29) is 6.04 Å². The zero-order valence-electron chi connectivity index (χ0n) is 12.1. The second-order valence-corrected chi connectivity index (χ2v) is 5.97. The van der Waals surface area contributed by atoms with Gasteiger partial charge in [0.1, 0.15) is 5.15 Å². The van der Waals surface area contributed by atoms with Crippen molar-refractivity contribution in [2.24, 2.45) is 5.92 Å². The summed E-state index contributed by atoms with van der Waals surface area (Å²) in [5, 5.41) is 14.3. The summed E-state index contributed by atoms with van der Waals surface area (Å²) in [6, 6.07) is 3.87. The molecule has 0 amide bonds. The van der Waals surface area contributed by atoms with Crippen molar-refractivity contribution in [3.63, 3.8) is 0 Å². The van der Waals surface area contributed by atoms with Crippen molar-refractivity contribution in [3.05, 3.63) is 51.2 Å². The third-order valence-electron chi connectivity index (χ3n) is 3.38. The molecule has 0 aromatic carbocycles. The molecule has 1 N–H and O–H groups in total. The largest absolute Gasteiger partial charge is 0.364 e. The van der Waals surface area contributed by atoms with Gasteiger partial charge in [-0.3, -0.25) is 10.1 Å². The molecule has 1 saturated heterocycles. The summed E-state index contributed by atoms with van der Waals surface area (Å²) in [7, 11) is 0. The standard InChI is InChI=1S/C14H19ClN4O2/c1-10(2)5-12-7-17-14(9-19(20)21)18(12)8-11-3-4-13(15)16-6-11/h3-4,6,9-10,12,17H,5,7-8H2,1-2H3/b14-9+/t12-/m0/s1. The molecule has 1 atom stereocenters. The van der Waals surface area contributed by atoms with Gasteiger partial charge in [-0.2, -0.15) is 0 Å². The highest BCUT2D eigenvalue weighted by atomic mass is 35.5. The molecule has 6 nitrogen and oxygen atoms in total. The van der Waals surface area contributed by atoms with Crippen LogP contribution in [0, 0.1) is 16.0 Å². The molecule has 1 aromatic heterocycles. The predicted octanol–water partition coefficient (Wildman–Crippen LogP) is 2.63. The van der Waals surface area contributed by atoms with Crippen LogP contribution >= 0.6 is 11.6 Å². The van der Waals surface area contributed by atoms with Gasteiger partial charge in [0, 0.05) is 25.3 Å². The van der Waals surface area contributed by atoms with Crippen molar-refractivity contribution in [1.82, 2.24) is 15.2 Å². The van der Waals surface area contributed by atoms with E-state index in [1.165, 1.54) is 0 Å². The van der Waals surface area contributed by atoms with E-state index in [2.05, 4.69) is 24.1 Å². The lowest BCUT2D eigenvalue weighted by molar-refractivity contribution is -0.404. The van der Waals surface area contributed by atoms with Crippen LogP contribution in [0.2, 0.25) is 5.15 Å². The number of nitro groups is 1. The van der Waals surface area contributed by atoms with Gasteiger partial charge < -0.3 is 10.2 Å². The van der Waals surface area contributed by atoms with Gasteiger partial charge in [-0.15, -0.1) is 0 Å². The molecule has 1 fully saturated rings. The van der Waals surface area contributed by atoms with E-state index in [0.29, 0.717) is 23.4 Å². The van der Waals surface area contributed by atoms with E-state index < -0.39 is 4.92 Å². The van der Waals surface area contributed by atoms with E-state index in [9.17, 15) is 10.1 Å². The Morgan fingerprint density at radius 2 is 2.38 bits per heavy atom. The Labute approximate surface area is 129 Å². The number of nitrogens with zero attached hydrogens (tertiary/aromatic N) is 3. The number of halogens is 1. The maximum atomic E-state index is 10.8. The van der Waals surface area contributed by atoms with Crippen LogP contribution in [-0.4, -0.2) is 27.4 Å². The number of pyridine rings is 1. The molecule has 21 heavy (non-hydrogen) atoms. The molecule has 1 aliphatic rings. The smallest absolute Gasteiger partial charge is 0.274 e. The van der Waals surface area contributed by atoms with Gasteiger partial charge in [0.2, 0.25) is 0 Å². The predicted molar refractivity (Wildman–Crippen MR) is 81.1 cm³/mol. The Morgan fingerprint density at radius 1 is 1.62 bits per heavy atom. The summed E-state index contributed by atoms with van der Waals surface area (Å²) in [5.41, 5.74) is 0.978. The first-order valence-electron chi connectivity index (χ1n) is 6.92. The quantitative estimate of drug-likeness (QED) is 0.514. The highest BCUT2D eigenvalue weighted by Gasteiger charge is 2.30. The highest BCUT2D eigenvalue weighted by Crippen LogP contribution is 2.23. The Bertz CT molecular complexity index is 530. The van der Waals surface area contributed by atoms with Crippen molar-refractivity contribution in [2.45, 2.75) is 32.9 Å². The van der Waals surface area contributed by atoms with E-state index in [0.717, 1.165) is 24.7 Å². The number of aromatic nitrogens is 1. The number of hydrogen-bond donors (Lipinski definition) is 1. The van der Waals surface area contributed by atoms with E-state index in [1.807, 2.05) is 11.0 Å². The van der Waals surface area contributed by atoms with E-state index in [4.69, 9.17) is 11.6 Å². The Kier molecular flexibility index (Phi) is 5.01. The maximum Gasteiger partial charge on any atom is 0.274 e. The maximum absolute atomic E-state index is 10.8. The van der Waals surface area contributed by atoms with Gasteiger partial charge in [-0.25, -0.2) is 4.98 Å². The molecule has 0 radical (unpaired) electrons. The van der Waals surface area contributed by atoms with Crippen LogP contribution in [0.1, 0.15) is 25.8 Å². The van der Waals surface area contributed by atoms with Gasteiger partial charge >= 0.3 is 0 Å². The number of hydrogen-bond acceptors (Lipinski definition) is 5. The molecule has 0 saturated carbocycles. The third kappa shape index (κ3) is 4.32. The summed E-state index contributed by atoms with van der Waals surface area (Å²) < 4.78 is 0. The molecule has 1 aromatic rings. The molecule has 0 aliphatic carbocycles. The third-order valence-corrected chi connectivity index (χ3v) is 3.61. The Balaban J connectivity index is 2.18. The summed E-state index contributed by atoms with van der Waals surface area (Å²) in [6.45, 7) is 5.60. The molecular weight excluding hydrogens is 292 g/mol. The van der Waals surface area contributed by atoms with Gasteiger partial charge in [0.05, 0.1) is 4.92 Å². The van der Waals surface area contributed by atoms with Crippen molar-refractivity contribution in [3.8, 4) is 0 Å². The first-order chi connectivity index (χ1) is 9.95. The second kappa shape index (κ2) is 6.76. The average molecular weight is 311 g/mol. The molecule has 0 spiro atoms. The fraction of sp³-hybridized carbons (Fsp3) is 0.500. The van der Waals surface area contributed by atoms with Crippen LogP contribution in [0.25, 0.3) is 0 Å². The molecular formula is C14H19ClN4O2. The summed E-state index contributed by atoms with van der Waals surface area (Å²) in [5.74, 6) is 1.08. The van der Waals surface area contributed by atoms with Gasteiger partial charge in [0.25, 0.3) is 6.20 Å². The van der Waals surface area contributed by atoms with E-state index >= 15 is 0 Å². The zero-order valence-corrected chi connectivity index (χ0v) is 12.9. The normalized spacial score (nSPS) is 20.1. The summed E-state index contributed by atoms with van der Waals surface area (Å²) in [6.07, 6.45) is 3.71. The Hall–Kier alpha value is -1.82. The number of rotatable bonds is 5. The monoisotopic (exact) mass is 310 g/mol. The first-order valence-corrected chi connectivity index (χ1v) is 7.29. The molecule has 0 unspecified atom stereocenters. The van der Waals surface area contributed by atoms with Crippen LogP contribution in [0.4, 0.5) is 0 Å². The second-order valence-electron chi connectivity index (χ2n) is 5.58. The van der Waals surface area contributed by atoms with Gasteiger partial charge in [-0.1, -0.05) is 31.5 Å². The van der Waals surface area contributed by atoms with Crippen LogP contribution in [-0.2, 0) is 6.54 Å². The molecule has 114 valence electrons.